The molecule has 3 aromatic carbocycles. The Hall–Kier alpha value is -3.14. The smallest absolute Gasteiger partial charge is 0.407 e. The maximum absolute atomic E-state index is 14.0. The molecule has 0 atom stereocenters. The minimum absolute atomic E-state index is 0.0949. The zero-order valence-electron chi connectivity index (χ0n) is 13.1. The molecule has 0 aliphatic carbocycles. The number of nitrogens with zero attached hydrogens (tertiary/aromatic N) is 1. The molecule has 0 N–H and O–H groups in total. The normalized spacial score (nSPS) is 10.2. The number of aryl methyl sites for hydroxylation is 1. The number of halogens is 1. The van der Waals surface area contributed by atoms with E-state index in [1.165, 1.54) is 17.0 Å². The fourth-order valence-corrected chi connectivity index (χ4v) is 2.34. The first-order valence-corrected chi connectivity index (χ1v) is 7.53. The van der Waals surface area contributed by atoms with Gasteiger partial charge in [-0.05, 0) is 48.9 Å². The summed E-state index contributed by atoms with van der Waals surface area (Å²) in [7, 11) is 0. The maximum Gasteiger partial charge on any atom is 0.424 e. The van der Waals surface area contributed by atoms with Crippen LogP contribution in [0.1, 0.15) is 5.56 Å². The van der Waals surface area contributed by atoms with Crippen LogP contribution in [-0.4, -0.2) is 6.09 Å². The Morgan fingerprint density at radius 1 is 0.875 bits per heavy atom. The largest absolute Gasteiger partial charge is 0.424 e. The summed E-state index contributed by atoms with van der Waals surface area (Å²) in [5.74, 6) is -0.660. The molecule has 0 aromatic heterocycles. The number of benzene rings is 3. The summed E-state index contributed by atoms with van der Waals surface area (Å²) in [4.78, 5) is 14.1. The third kappa shape index (κ3) is 3.43. The monoisotopic (exact) mass is 321 g/mol. The first-order valence-electron chi connectivity index (χ1n) is 7.53. The Labute approximate surface area is 139 Å². The van der Waals surface area contributed by atoms with Gasteiger partial charge in [-0.25, -0.2) is 14.1 Å². The second-order valence-electron chi connectivity index (χ2n) is 5.31. The second-order valence-corrected chi connectivity index (χ2v) is 5.31. The summed E-state index contributed by atoms with van der Waals surface area (Å²) in [6, 6.07) is 22.7. The van der Waals surface area contributed by atoms with Gasteiger partial charge in [0.2, 0.25) is 0 Å². The molecule has 3 rings (SSSR count). The standard InChI is InChI=1S/C20H16FNO2/c1-15-12-13-19(18(21)14-15)24-20(23)22(16-8-4-2-5-9-16)17-10-6-3-7-11-17/h2-14H,1H3. The van der Waals surface area contributed by atoms with Crippen LogP contribution in [0.15, 0.2) is 78.9 Å². The van der Waals surface area contributed by atoms with Crippen molar-refractivity contribution in [1.82, 2.24) is 0 Å². The fraction of sp³-hybridized carbons (Fsp3) is 0.0500. The average Bonchev–Trinajstić information content (AvgIpc) is 2.60. The van der Waals surface area contributed by atoms with E-state index in [1.807, 2.05) is 36.4 Å². The summed E-state index contributed by atoms with van der Waals surface area (Å²) in [5, 5.41) is 0. The molecule has 1 amide bonds. The maximum atomic E-state index is 14.0. The SMILES string of the molecule is Cc1ccc(OC(=O)N(c2ccccc2)c2ccccc2)c(F)c1. The number of para-hydroxylation sites is 2. The molecule has 0 unspecified atom stereocenters. The van der Waals surface area contributed by atoms with Gasteiger partial charge in [-0.2, -0.15) is 0 Å². The lowest BCUT2D eigenvalue weighted by Crippen LogP contribution is -2.29. The second kappa shape index (κ2) is 6.96. The molecule has 0 heterocycles. The molecular weight excluding hydrogens is 305 g/mol. The summed E-state index contributed by atoms with van der Waals surface area (Å²) in [6.45, 7) is 1.77. The van der Waals surface area contributed by atoms with E-state index in [2.05, 4.69) is 0 Å². The van der Waals surface area contributed by atoms with Gasteiger partial charge in [-0.1, -0.05) is 42.5 Å². The zero-order valence-corrected chi connectivity index (χ0v) is 13.1. The Balaban J connectivity index is 1.95. The molecule has 120 valence electrons. The van der Waals surface area contributed by atoms with Crippen molar-refractivity contribution in [2.45, 2.75) is 6.92 Å². The number of carbonyl (C=O) groups is 1. The van der Waals surface area contributed by atoms with Crippen molar-refractivity contribution in [3.8, 4) is 5.75 Å². The van der Waals surface area contributed by atoms with Crippen LogP contribution in [0.5, 0.6) is 5.75 Å². The van der Waals surface area contributed by atoms with Gasteiger partial charge in [0.15, 0.2) is 11.6 Å². The quantitative estimate of drug-likeness (QED) is 0.640. The minimum atomic E-state index is -0.671. The van der Waals surface area contributed by atoms with Crippen molar-refractivity contribution < 1.29 is 13.9 Å². The number of hydrogen-bond donors (Lipinski definition) is 0. The van der Waals surface area contributed by atoms with Gasteiger partial charge in [0.05, 0.1) is 11.4 Å². The number of rotatable bonds is 3. The van der Waals surface area contributed by atoms with Gasteiger partial charge in [0.25, 0.3) is 0 Å². The topological polar surface area (TPSA) is 29.5 Å². The van der Waals surface area contributed by atoms with Gasteiger partial charge in [-0.3, -0.25) is 0 Å². The molecule has 0 bridgehead atoms. The van der Waals surface area contributed by atoms with Crippen LogP contribution in [0.4, 0.5) is 20.6 Å². The Morgan fingerprint density at radius 3 is 1.92 bits per heavy atom. The van der Waals surface area contributed by atoms with E-state index in [-0.39, 0.29) is 5.75 Å². The van der Waals surface area contributed by atoms with Gasteiger partial charge in [0.1, 0.15) is 0 Å². The summed E-state index contributed by atoms with van der Waals surface area (Å²) >= 11 is 0. The van der Waals surface area contributed by atoms with Gasteiger partial charge >= 0.3 is 6.09 Å². The molecule has 3 aromatic rings. The molecule has 0 spiro atoms. The van der Waals surface area contributed by atoms with Crippen LogP contribution in [0.2, 0.25) is 0 Å². The highest BCUT2D eigenvalue weighted by atomic mass is 19.1. The average molecular weight is 321 g/mol. The van der Waals surface area contributed by atoms with E-state index in [4.69, 9.17) is 4.74 Å². The van der Waals surface area contributed by atoms with Crippen LogP contribution < -0.4 is 9.64 Å². The number of amides is 1. The molecule has 3 nitrogen and oxygen atoms in total. The number of ether oxygens (including phenoxy) is 1. The van der Waals surface area contributed by atoms with E-state index in [0.29, 0.717) is 11.4 Å². The number of hydrogen-bond acceptors (Lipinski definition) is 2. The van der Waals surface area contributed by atoms with E-state index in [1.54, 1.807) is 37.3 Å². The Bertz CT molecular complexity index is 795. The molecule has 4 heteroatoms. The molecule has 0 fully saturated rings. The summed E-state index contributed by atoms with van der Waals surface area (Å²) in [6.07, 6.45) is -0.671. The predicted octanol–water partition coefficient (Wildman–Crippen LogP) is 5.47. The lowest BCUT2D eigenvalue weighted by Gasteiger charge is -2.22. The fourth-order valence-electron chi connectivity index (χ4n) is 2.34. The molecule has 0 aliphatic heterocycles. The van der Waals surface area contributed by atoms with Crippen LogP contribution >= 0.6 is 0 Å². The van der Waals surface area contributed by atoms with Crippen LogP contribution in [0.25, 0.3) is 0 Å². The summed E-state index contributed by atoms with van der Waals surface area (Å²) in [5.41, 5.74) is 2.04. The van der Waals surface area contributed by atoms with Crippen molar-refractivity contribution >= 4 is 17.5 Å². The van der Waals surface area contributed by atoms with Gasteiger partial charge in [0, 0.05) is 0 Å². The number of anilines is 2. The third-order valence-electron chi connectivity index (χ3n) is 3.50. The summed E-state index contributed by atoms with van der Waals surface area (Å²) < 4.78 is 19.3. The van der Waals surface area contributed by atoms with Crippen molar-refractivity contribution in [2.24, 2.45) is 0 Å². The highest BCUT2D eigenvalue weighted by Crippen LogP contribution is 2.27. The van der Waals surface area contributed by atoms with Crippen LogP contribution in [0.3, 0.4) is 0 Å². The van der Waals surface area contributed by atoms with E-state index < -0.39 is 11.9 Å². The molecule has 0 saturated heterocycles. The highest BCUT2D eigenvalue weighted by Gasteiger charge is 2.21. The van der Waals surface area contributed by atoms with Crippen molar-refractivity contribution in [1.29, 1.82) is 0 Å². The molecule has 0 saturated carbocycles. The predicted molar refractivity (Wildman–Crippen MR) is 92.2 cm³/mol. The van der Waals surface area contributed by atoms with Gasteiger partial charge in [-0.15, -0.1) is 0 Å². The van der Waals surface area contributed by atoms with E-state index in [9.17, 15) is 9.18 Å². The molecule has 0 radical (unpaired) electrons. The molecule has 0 aliphatic rings. The molecule has 24 heavy (non-hydrogen) atoms. The number of carbonyl (C=O) groups excluding carboxylic acids is 1. The lowest BCUT2D eigenvalue weighted by molar-refractivity contribution is 0.208. The highest BCUT2D eigenvalue weighted by molar-refractivity contribution is 5.97. The Kier molecular flexibility index (Phi) is 4.57. The first kappa shape index (κ1) is 15.7. The van der Waals surface area contributed by atoms with E-state index >= 15 is 0 Å². The van der Waals surface area contributed by atoms with Gasteiger partial charge < -0.3 is 4.74 Å². The van der Waals surface area contributed by atoms with Crippen molar-refractivity contribution in [3.05, 3.63) is 90.2 Å². The van der Waals surface area contributed by atoms with Crippen LogP contribution in [-0.2, 0) is 0 Å². The first-order chi connectivity index (χ1) is 11.6. The minimum Gasteiger partial charge on any atom is -0.407 e. The lowest BCUT2D eigenvalue weighted by atomic mass is 10.2. The van der Waals surface area contributed by atoms with E-state index in [0.717, 1.165) is 5.56 Å². The Morgan fingerprint density at radius 2 is 1.42 bits per heavy atom. The van der Waals surface area contributed by atoms with Crippen LogP contribution in [0, 0.1) is 12.7 Å². The van der Waals surface area contributed by atoms with Crippen molar-refractivity contribution in [3.63, 3.8) is 0 Å². The third-order valence-corrected chi connectivity index (χ3v) is 3.50. The zero-order chi connectivity index (χ0) is 16.9. The van der Waals surface area contributed by atoms with Crippen molar-refractivity contribution in [2.75, 3.05) is 4.90 Å². The molecular formula is C20H16FNO2.